The van der Waals surface area contributed by atoms with Gasteiger partial charge in [-0.05, 0) is 44.1 Å². The van der Waals surface area contributed by atoms with Crippen LogP contribution in [0, 0.1) is 11.8 Å². The zero-order valence-corrected chi connectivity index (χ0v) is 17.6. The van der Waals surface area contributed by atoms with Crippen LogP contribution >= 0.6 is 0 Å². The minimum absolute atomic E-state index is 0.174. The van der Waals surface area contributed by atoms with E-state index >= 15 is 0 Å². The highest BCUT2D eigenvalue weighted by atomic mass is 19.1. The Bertz CT molecular complexity index is 330. The van der Waals surface area contributed by atoms with E-state index in [2.05, 4.69) is 37.5 Å². The van der Waals surface area contributed by atoms with Gasteiger partial charge in [-0.15, -0.1) is 0 Å². The largest absolute Gasteiger partial charge is 0.372 e. The average Bonchev–Trinajstić information content (AvgIpc) is 2.58. The third kappa shape index (κ3) is 8.83. The van der Waals surface area contributed by atoms with E-state index < -0.39 is 6.17 Å². The van der Waals surface area contributed by atoms with E-state index in [4.69, 9.17) is 4.74 Å². The summed E-state index contributed by atoms with van der Waals surface area (Å²) in [7, 11) is 0. The van der Waals surface area contributed by atoms with Gasteiger partial charge >= 0.3 is 0 Å². The molecule has 0 aliphatic carbocycles. The Kier molecular flexibility index (Phi) is 11.2. The van der Waals surface area contributed by atoms with Crippen molar-refractivity contribution in [3.05, 3.63) is 0 Å². The van der Waals surface area contributed by atoms with E-state index in [1.54, 1.807) is 0 Å². The molecule has 2 saturated heterocycles. The third-order valence-corrected chi connectivity index (χ3v) is 5.11. The van der Waals surface area contributed by atoms with Gasteiger partial charge in [0.2, 0.25) is 0 Å². The van der Waals surface area contributed by atoms with Gasteiger partial charge < -0.3 is 14.5 Å². The summed E-state index contributed by atoms with van der Waals surface area (Å²) in [6.07, 6.45) is 3.42. The number of piperidine rings is 2. The summed E-state index contributed by atoms with van der Waals surface area (Å²) in [5.41, 5.74) is 0. The molecular formula is C21H43FN2O. The molecule has 0 aromatic heterocycles. The van der Waals surface area contributed by atoms with Crippen molar-refractivity contribution < 1.29 is 9.13 Å². The van der Waals surface area contributed by atoms with Crippen LogP contribution in [0.4, 0.5) is 4.39 Å². The molecule has 25 heavy (non-hydrogen) atoms. The maximum absolute atomic E-state index is 14.4. The number of hydrogen-bond donors (Lipinski definition) is 0. The number of nitrogens with zero attached hydrogens (tertiary/aromatic N) is 2. The molecule has 0 radical (unpaired) electrons. The number of halogens is 1. The van der Waals surface area contributed by atoms with Crippen molar-refractivity contribution >= 4 is 0 Å². The predicted molar refractivity (Wildman–Crippen MR) is 106 cm³/mol. The molecule has 4 heteroatoms. The minimum Gasteiger partial charge on any atom is -0.372 e. The van der Waals surface area contributed by atoms with Gasteiger partial charge in [0.1, 0.15) is 6.17 Å². The topological polar surface area (TPSA) is 15.7 Å². The normalized spacial score (nSPS) is 26.8. The van der Waals surface area contributed by atoms with Crippen LogP contribution in [0.5, 0.6) is 0 Å². The monoisotopic (exact) mass is 358 g/mol. The summed E-state index contributed by atoms with van der Waals surface area (Å²) in [5.74, 6) is 1.41. The second-order valence-corrected chi connectivity index (χ2v) is 8.36. The first-order valence-corrected chi connectivity index (χ1v) is 10.7. The zero-order valence-electron chi connectivity index (χ0n) is 17.6. The van der Waals surface area contributed by atoms with Gasteiger partial charge in [0, 0.05) is 32.7 Å². The van der Waals surface area contributed by atoms with E-state index in [-0.39, 0.29) is 12.2 Å². The minimum atomic E-state index is -0.815. The number of ether oxygens (including phenoxy) is 1. The molecule has 150 valence electrons. The van der Waals surface area contributed by atoms with E-state index in [1.807, 2.05) is 13.8 Å². The molecule has 0 bridgehead atoms. The van der Waals surface area contributed by atoms with Crippen LogP contribution in [-0.2, 0) is 4.74 Å². The zero-order chi connectivity index (χ0) is 18.8. The van der Waals surface area contributed by atoms with Gasteiger partial charge in [-0.1, -0.05) is 41.5 Å². The van der Waals surface area contributed by atoms with Crippen LogP contribution in [0.25, 0.3) is 0 Å². The highest BCUT2D eigenvalue weighted by Gasteiger charge is 2.32. The maximum Gasteiger partial charge on any atom is 0.139 e. The number of rotatable bonds is 7. The molecule has 0 N–H and O–H groups in total. The quantitative estimate of drug-likeness (QED) is 0.661. The summed E-state index contributed by atoms with van der Waals surface area (Å²) in [5, 5.41) is 0. The van der Waals surface area contributed by atoms with Crippen molar-refractivity contribution in [2.24, 2.45) is 11.8 Å². The van der Waals surface area contributed by atoms with Crippen LogP contribution in [0.3, 0.4) is 0 Å². The average molecular weight is 359 g/mol. The van der Waals surface area contributed by atoms with Crippen LogP contribution in [0.1, 0.15) is 67.2 Å². The van der Waals surface area contributed by atoms with Gasteiger partial charge in [0.05, 0.1) is 12.2 Å². The Morgan fingerprint density at radius 2 is 1.52 bits per heavy atom. The molecule has 2 aliphatic rings. The SMILES string of the molecule is CC.CC(C)CCN1CCC(OC2CCN(CC(C)C)CC2)C(F)C1. The van der Waals surface area contributed by atoms with Gasteiger partial charge in [0.15, 0.2) is 0 Å². The highest BCUT2D eigenvalue weighted by Crippen LogP contribution is 2.23. The molecule has 0 spiro atoms. The maximum atomic E-state index is 14.4. The fraction of sp³-hybridized carbons (Fsp3) is 1.00. The van der Waals surface area contributed by atoms with Crippen molar-refractivity contribution in [3.63, 3.8) is 0 Å². The van der Waals surface area contributed by atoms with Gasteiger partial charge in [-0.25, -0.2) is 4.39 Å². The molecular weight excluding hydrogens is 315 g/mol. The highest BCUT2D eigenvalue weighted by molar-refractivity contribution is 4.83. The summed E-state index contributed by atoms with van der Waals surface area (Å²) < 4.78 is 20.6. The summed E-state index contributed by atoms with van der Waals surface area (Å²) in [6.45, 7) is 19.0. The van der Waals surface area contributed by atoms with Gasteiger partial charge in [0.25, 0.3) is 0 Å². The Hall–Kier alpha value is -0.190. The van der Waals surface area contributed by atoms with E-state index in [1.165, 1.54) is 6.54 Å². The predicted octanol–water partition coefficient (Wildman–Crippen LogP) is 4.61. The second-order valence-electron chi connectivity index (χ2n) is 8.36. The molecule has 2 heterocycles. The first kappa shape index (κ1) is 22.9. The van der Waals surface area contributed by atoms with Crippen molar-refractivity contribution in [1.82, 2.24) is 9.80 Å². The van der Waals surface area contributed by atoms with Crippen LogP contribution in [-0.4, -0.2) is 67.4 Å². The lowest BCUT2D eigenvalue weighted by Gasteiger charge is -2.39. The Morgan fingerprint density at radius 3 is 2.04 bits per heavy atom. The Balaban J connectivity index is 0.00000151. The van der Waals surface area contributed by atoms with Crippen LogP contribution < -0.4 is 0 Å². The molecule has 0 aromatic rings. The molecule has 0 amide bonds. The lowest BCUT2D eigenvalue weighted by atomic mass is 10.0. The van der Waals surface area contributed by atoms with Gasteiger partial charge in [-0.3, -0.25) is 0 Å². The molecule has 0 aromatic carbocycles. The summed E-state index contributed by atoms with van der Waals surface area (Å²) >= 11 is 0. The summed E-state index contributed by atoms with van der Waals surface area (Å²) in [6, 6.07) is 0. The summed E-state index contributed by atoms with van der Waals surface area (Å²) in [4.78, 5) is 4.79. The van der Waals surface area contributed by atoms with E-state index in [0.717, 1.165) is 57.8 Å². The standard InChI is InChI=1S/C19H37FN2O.C2H6/c1-15(2)5-9-22-12-8-19(18(20)14-22)23-17-6-10-21(11-7-17)13-16(3)4;1-2/h15-19H,5-14H2,1-4H3;1-2H3. The first-order chi connectivity index (χ1) is 11.9. The molecule has 0 saturated carbocycles. The lowest BCUT2D eigenvalue weighted by molar-refractivity contribution is -0.0991. The Morgan fingerprint density at radius 1 is 0.920 bits per heavy atom. The fourth-order valence-electron chi connectivity index (χ4n) is 3.73. The molecule has 2 aliphatic heterocycles. The Labute approximate surface area is 156 Å². The number of alkyl halides is 1. The number of hydrogen-bond acceptors (Lipinski definition) is 3. The molecule has 2 fully saturated rings. The van der Waals surface area contributed by atoms with Crippen molar-refractivity contribution in [2.45, 2.75) is 85.6 Å². The van der Waals surface area contributed by atoms with Crippen molar-refractivity contribution in [1.29, 1.82) is 0 Å². The van der Waals surface area contributed by atoms with Crippen LogP contribution in [0.15, 0.2) is 0 Å². The van der Waals surface area contributed by atoms with Crippen LogP contribution in [0.2, 0.25) is 0 Å². The van der Waals surface area contributed by atoms with E-state index in [0.29, 0.717) is 12.5 Å². The molecule has 2 atom stereocenters. The van der Waals surface area contributed by atoms with Crippen molar-refractivity contribution in [3.8, 4) is 0 Å². The third-order valence-electron chi connectivity index (χ3n) is 5.11. The fourth-order valence-corrected chi connectivity index (χ4v) is 3.73. The van der Waals surface area contributed by atoms with Crippen molar-refractivity contribution in [2.75, 3.05) is 39.3 Å². The molecule has 2 unspecified atom stereocenters. The second kappa shape index (κ2) is 12.2. The van der Waals surface area contributed by atoms with E-state index in [9.17, 15) is 4.39 Å². The molecule has 2 rings (SSSR count). The number of likely N-dealkylation sites (tertiary alicyclic amines) is 2. The first-order valence-electron chi connectivity index (χ1n) is 10.7. The molecule has 3 nitrogen and oxygen atoms in total. The van der Waals surface area contributed by atoms with Gasteiger partial charge in [-0.2, -0.15) is 0 Å². The lowest BCUT2D eigenvalue weighted by Crippen LogP contribution is -2.48. The smallest absolute Gasteiger partial charge is 0.139 e.